The minimum absolute atomic E-state index is 0.298. The number of rotatable bonds is 3. The van der Waals surface area contributed by atoms with E-state index >= 15 is 0 Å². The minimum Gasteiger partial charge on any atom is -0.469 e. The van der Waals surface area contributed by atoms with Crippen molar-refractivity contribution in [2.45, 2.75) is 13.7 Å². The van der Waals surface area contributed by atoms with Gasteiger partial charge in [-0.2, -0.15) is 4.68 Å². The summed E-state index contributed by atoms with van der Waals surface area (Å²) in [5.41, 5.74) is 0. The van der Waals surface area contributed by atoms with Gasteiger partial charge in [0.25, 0.3) is 5.19 Å². The van der Waals surface area contributed by atoms with Gasteiger partial charge < -0.3 is 9.84 Å². The van der Waals surface area contributed by atoms with Crippen LogP contribution in [0.3, 0.4) is 0 Å². The summed E-state index contributed by atoms with van der Waals surface area (Å²) < 4.78 is 5.88. The van der Waals surface area contributed by atoms with Crippen molar-refractivity contribution >= 4 is 11.3 Å². The lowest BCUT2D eigenvalue weighted by molar-refractivity contribution is 0.187. The number of nitrogens with zero attached hydrogens (tertiary/aromatic N) is 2. The molecule has 0 saturated carbocycles. The molecular formula is C5H8N2O3S. The Morgan fingerprint density at radius 3 is 3.00 bits per heavy atom. The van der Waals surface area contributed by atoms with Crippen molar-refractivity contribution in [1.82, 2.24) is 9.78 Å². The molecule has 0 aromatic carbocycles. The van der Waals surface area contributed by atoms with Gasteiger partial charge in [-0.25, -0.2) is 0 Å². The highest BCUT2D eigenvalue weighted by atomic mass is 32.1. The van der Waals surface area contributed by atoms with Crippen LogP contribution in [-0.2, 0) is 6.73 Å². The predicted octanol–water partition coefficient (Wildman–Crippen LogP) is -0.347. The zero-order valence-electron chi connectivity index (χ0n) is 5.98. The zero-order valence-corrected chi connectivity index (χ0v) is 6.80. The Bertz CT molecular complexity index is 280. The molecule has 0 aliphatic carbocycles. The Hall–Kier alpha value is -0.880. The van der Waals surface area contributed by atoms with E-state index in [1.165, 1.54) is 0 Å². The van der Waals surface area contributed by atoms with Crippen LogP contribution in [0.15, 0.2) is 4.79 Å². The van der Waals surface area contributed by atoms with E-state index in [1.807, 2.05) is 0 Å². The Morgan fingerprint density at radius 1 is 1.82 bits per heavy atom. The summed E-state index contributed by atoms with van der Waals surface area (Å²) in [6, 6.07) is 0. The first kappa shape index (κ1) is 8.22. The normalized spacial score (nSPS) is 10.0. The molecule has 0 saturated heterocycles. The van der Waals surface area contributed by atoms with Crippen LogP contribution < -0.4 is 9.61 Å². The first-order valence-electron chi connectivity index (χ1n) is 3.09. The third kappa shape index (κ3) is 1.78. The Labute approximate surface area is 66.9 Å². The molecule has 0 amide bonds. The van der Waals surface area contributed by atoms with Gasteiger partial charge in [0.1, 0.15) is 6.73 Å². The summed E-state index contributed by atoms with van der Waals surface area (Å²) in [4.78, 5) is 10.5. The van der Waals surface area contributed by atoms with Gasteiger partial charge in [-0.15, -0.1) is 5.10 Å². The van der Waals surface area contributed by atoms with Crippen LogP contribution in [-0.4, -0.2) is 21.5 Å². The molecule has 1 heterocycles. The number of aliphatic hydroxyl groups excluding tert-OH is 1. The molecule has 1 aromatic rings. The second-order valence-electron chi connectivity index (χ2n) is 1.71. The van der Waals surface area contributed by atoms with Crippen LogP contribution in [0.2, 0.25) is 0 Å². The molecule has 11 heavy (non-hydrogen) atoms. The monoisotopic (exact) mass is 176 g/mol. The van der Waals surface area contributed by atoms with E-state index < -0.39 is 6.73 Å². The molecule has 0 bridgehead atoms. The average molecular weight is 176 g/mol. The summed E-state index contributed by atoms with van der Waals surface area (Å²) >= 11 is 0.878. The Kier molecular flexibility index (Phi) is 2.61. The van der Waals surface area contributed by atoms with E-state index in [0.29, 0.717) is 11.8 Å². The molecular weight excluding hydrogens is 168 g/mol. The summed E-state index contributed by atoms with van der Waals surface area (Å²) in [7, 11) is 0. The molecule has 0 aliphatic rings. The van der Waals surface area contributed by atoms with Crippen LogP contribution in [0.25, 0.3) is 0 Å². The molecule has 0 atom stereocenters. The Balaban J connectivity index is 2.86. The molecule has 0 radical (unpaired) electrons. The van der Waals surface area contributed by atoms with E-state index in [-0.39, 0.29) is 4.87 Å². The zero-order chi connectivity index (χ0) is 8.27. The maximum absolute atomic E-state index is 10.8. The van der Waals surface area contributed by atoms with Crippen molar-refractivity contribution < 1.29 is 9.84 Å². The lowest BCUT2D eigenvalue weighted by atomic mass is 10.9. The summed E-state index contributed by atoms with van der Waals surface area (Å²) in [5, 5.41) is 12.5. The largest absolute Gasteiger partial charge is 0.469 e. The van der Waals surface area contributed by atoms with E-state index in [0.717, 1.165) is 16.0 Å². The summed E-state index contributed by atoms with van der Waals surface area (Å²) in [5.74, 6) is 0. The number of aliphatic hydroxyl groups is 1. The smallest absolute Gasteiger partial charge is 0.330 e. The highest BCUT2D eigenvalue weighted by Gasteiger charge is 2.03. The highest BCUT2D eigenvalue weighted by molar-refractivity contribution is 7.10. The predicted molar refractivity (Wildman–Crippen MR) is 39.8 cm³/mol. The van der Waals surface area contributed by atoms with Crippen LogP contribution in [0, 0.1) is 0 Å². The van der Waals surface area contributed by atoms with Gasteiger partial charge >= 0.3 is 4.87 Å². The van der Waals surface area contributed by atoms with Crippen LogP contribution in [0.5, 0.6) is 5.19 Å². The van der Waals surface area contributed by atoms with Crippen molar-refractivity contribution in [3.63, 3.8) is 0 Å². The molecule has 62 valence electrons. The van der Waals surface area contributed by atoms with Gasteiger partial charge in [-0.1, -0.05) is 0 Å². The first-order chi connectivity index (χ1) is 5.27. The fourth-order valence-electron chi connectivity index (χ4n) is 0.558. The van der Waals surface area contributed by atoms with E-state index in [2.05, 4.69) is 5.10 Å². The standard InChI is InChI=1S/C5H8N2O3S/c1-2-10-4-6-7(3-8)5(9)11-4/h8H,2-3H2,1H3. The maximum atomic E-state index is 10.8. The van der Waals surface area contributed by atoms with Crippen molar-refractivity contribution in [3.8, 4) is 5.19 Å². The topological polar surface area (TPSA) is 64.3 Å². The molecule has 0 spiro atoms. The number of aromatic nitrogens is 2. The SMILES string of the molecule is CCOc1nn(CO)c(=O)s1. The fraction of sp³-hybridized carbons (Fsp3) is 0.600. The molecule has 6 heteroatoms. The van der Waals surface area contributed by atoms with Crippen LogP contribution >= 0.6 is 11.3 Å². The lowest BCUT2D eigenvalue weighted by Crippen LogP contribution is -2.13. The van der Waals surface area contributed by atoms with Crippen molar-refractivity contribution in [1.29, 1.82) is 0 Å². The van der Waals surface area contributed by atoms with Crippen LogP contribution in [0.4, 0.5) is 0 Å². The van der Waals surface area contributed by atoms with Gasteiger partial charge in [0.15, 0.2) is 0 Å². The third-order valence-corrected chi connectivity index (χ3v) is 1.75. The molecule has 1 rings (SSSR count). The van der Waals surface area contributed by atoms with Crippen molar-refractivity contribution in [2.75, 3.05) is 6.61 Å². The van der Waals surface area contributed by atoms with Gasteiger partial charge in [0.2, 0.25) is 0 Å². The maximum Gasteiger partial charge on any atom is 0.330 e. The van der Waals surface area contributed by atoms with Crippen molar-refractivity contribution in [2.24, 2.45) is 0 Å². The molecule has 0 aliphatic heterocycles. The van der Waals surface area contributed by atoms with Gasteiger partial charge in [0, 0.05) is 0 Å². The molecule has 0 unspecified atom stereocenters. The second-order valence-corrected chi connectivity index (χ2v) is 2.61. The van der Waals surface area contributed by atoms with E-state index in [1.54, 1.807) is 6.92 Å². The molecule has 5 nitrogen and oxygen atoms in total. The second kappa shape index (κ2) is 3.49. The van der Waals surface area contributed by atoms with Crippen LogP contribution in [0.1, 0.15) is 6.92 Å². The summed E-state index contributed by atoms with van der Waals surface area (Å²) in [6.07, 6.45) is 0. The fourth-order valence-corrected chi connectivity index (χ4v) is 1.23. The Morgan fingerprint density at radius 2 is 2.55 bits per heavy atom. The van der Waals surface area contributed by atoms with Gasteiger partial charge in [-0.05, 0) is 18.3 Å². The number of hydrogen-bond acceptors (Lipinski definition) is 5. The molecule has 0 fully saturated rings. The lowest BCUT2D eigenvalue weighted by Gasteiger charge is -1.92. The van der Waals surface area contributed by atoms with E-state index in [9.17, 15) is 4.79 Å². The number of ether oxygens (including phenoxy) is 1. The van der Waals surface area contributed by atoms with E-state index in [4.69, 9.17) is 9.84 Å². The average Bonchev–Trinajstić information content (AvgIpc) is 2.32. The quantitative estimate of drug-likeness (QED) is 0.684. The molecule has 1 N–H and O–H groups in total. The third-order valence-electron chi connectivity index (χ3n) is 0.989. The minimum atomic E-state index is -0.400. The summed E-state index contributed by atoms with van der Waals surface area (Å²) in [6.45, 7) is 1.87. The van der Waals surface area contributed by atoms with Gasteiger partial charge in [0.05, 0.1) is 6.61 Å². The van der Waals surface area contributed by atoms with Gasteiger partial charge in [-0.3, -0.25) is 4.79 Å². The molecule has 1 aromatic heterocycles. The first-order valence-corrected chi connectivity index (χ1v) is 3.91. The van der Waals surface area contributed by atoms with Crippen molar-refractivity contribution in [3.05, 3.63) is 9.67 Å². The highest BCUT2D eigenvalue weighted by Crippen LogP contribution is 2.07. The number of hydrogen-bond donors (Lipinski definition) is 1.